The molecule has 1 saturated carbocycles. The molecule has 0 saturated heterocycles. The van der Waals surface area contributed by atoms with Gasteiger partial charge in [-0.15, -0.1) is 0 Å². The number of nitrogens with one attached hydrogen (secondary N) is 1. The maximum absolute atomic E-state index is 12.1. The van der Waals surface area contributed by atoms with Gasteiger partial charge in [0.1, 0.15) is 11.8 Å². The maximum Gasteiger partial charge on any atom is 0.225 e. The molecule has 0 heterocycles. The van der Waals surface area contributed by atoms with Gasteiger partial charge in [-0.25, -0.2) is 0 Å². The van der Waals surface area contributed by atoms with Crippen LogP contribution in [0.4, 0.5) is 0 Å². The van der Waals surface area contributed by atoms with Crippen LogP contribution >= 0.6 is 0 Å². The predicted octanol–water partition coefficient (Wildman–Crippen LogP) is 2.83. The summed E-state index contributed by atoms with van der Waals surface area (Å²) in [7, 11) is 1.61. The number of nitriles is 1. The quantitative estimate of drug-likeness (QED) is 0.905. The zero-order valence-electron chi connectivity index (χ0n) is 12.5. The lowest BCUT2D eigenvalue weighted by Gasteiger charge is -2.26. The van der Waals surface area contributed by atoms with Gasteiger partial charge in [-0.1, -0.05) is 31.4 Å². The first kappa shape index (κ1) is 15.4. The molecular formula is C17H22N2O2. The average Bonchev–Trinajstić information content (AvgIpc) is 2.54. The molecule has 1 N–H and O–H groups in total. The van der Waals surface area contributed by atoms with Gasteiger partial charge < -0.3 is 10.1 Å². The van der Waals surface area contributed by atoms with E-state index in [0.29, 0.717) is 12.3 Å². The number of carbonyl (C=O) groups is 1. The Hall–Kier alpha value is -2.02. The van der Waals surface area contributed by atoms with Crippen molar-refractivity contribution in [1.29, 1.82) is 5.26 Å². The molecule has 4 nitrogen and oxygen atoms in total. The summed E-state index contributed by atoms with van der Waals surface area (Å²) in [5, 5.41) is 12.2. The molecule has 1 atom stereocenters. The monoisotopic (exact) mass is 286 g/mol. The minimum Gasteiger partial charge on any atom is -0.497 e. The number of ether oxygens (including phenoxy) is 1. The van der Waals surface area contributed by atoms with E-state index in [2.05, 4.69) is 11.4 Å². The summed E-state index contributed by atoms with van der Waals surface area (Å²) in [4.78, 5) is 12.1. The molecule has 1 fully saturated rings. The summed E-state index contributed by atoms with van der Waals surface area (Å²) >= 11 is 0. The van der Waals surface area contributed by atoms with Crippen LogP contribution in [0.15, 0.2) is 24.3 Å². The summed E-state index contributed by atoms with van der Waals surface area (Å²) in [5.74, 6) is 0.997. The third-order valence-corrected chi connectivity index (χ3v) is 4.10. The van der Waals surface area contributed by atoms with Crippen molar-refractivity contribution >= 4 is 5.91 Å². The van der Waals surface area contributed by atoms with Crippen molar-refractivity contribution in [3.8, 4) is 11.8 Å². The highest BCUT2D eigenvalue weighted by Gasteiger charge is 2.24. The molecule has 0 bridgehead atoms. The fraction of sp³-hybridized carbons (Fsp3) is 0.529. The number of nitrogens with zero attached hydrogens (tertiary/aromatic N) is 1. The highest BCUT2D eigenvalue weighted by atomic mass is 16.5. The van der Waals surface area contributed by atoms with Crippen LogP contribution in [-0.2, 0) is 11.2 Å². The van der Waals surface area contributed by atoms with Gasteiger partial charge in [-0.05, 0) is 36.5 Å². The standard InChI is InChI=1S/C17H22N2O2/c1-21-15-9-7-13(8-10-15)11-17(20)19-16(12-18)14-5-3-2-4-6-14/h7-10,14,16H,2-6,11H2,1H3,(H,19,20). The molecule has 1 aromatic rings. The van der Waals surface area contributed by atoms with Crippen molar-refractivity contribution in [3.05, 3.63) is 29.8 Å². The van der Waals surface area contributed by atoms with Crippen LogP contribution < -0.4 is 10.1 Å². The number of rotatable bonds is 5. The van der Waals surface area contributed by atoms with Crippen molar-refractivity contribution in [3.63, 3.8) is 0 Å². The number of carbonyl (C=O) groups excluding carboxylic acids is 1. The minimum absolute atomic E-state index is 0.0858. The lowest BCUT2D eigenvalue weighted by molar-refractivity contribution is -0.121. The van der Waals surface area contributed by atoms with E-state index >= 15 is 0 Å². The van der Waals surface area contributed by atoms with Gasteiger partial charge in [0.15, 0.2) is 0 Å². The summed E-state index contributed by atoms with van der Waals surface area (Å²) in [6.45, 7) is 0. The minimum atomic E-state index is -0.351. The first-order chi connectivity index (χ1) is 10.2. The molecule has 112 valence electrons. The number of hydrogen-bond donors (Lipinski definition) is 1. The number of hydrogen-bond acceptors (Lipinski definition) is 3. The van der Waals surface area contributed by atoms with Gasteiger partial charge in [-0.2, -0.15) is 5.26 Å². The lowest BCUT2D eigenvalue weighted by Crippen LogP contribution is -2.40. The average molecular weight is 286 g/mol. The highest BCUT2D eigenvalue weighted by Crippen LogP contribution is 2.26. The van der Waals surface area contributed by atoms with E-state index in [4.69, 9.17) is 4.74 Å². The second kappa shape index (κ2) is 7.68. The Morgan fingerprint density at radius 3 is 2.57 bits per heavy atom. The first-order valence-electron chi connectivity index (χ1n) is 7.55. The molecule has 1 aliphatic carbocycles. The third kappa shape index (κ3) is 4.49. The van der Waals surface area contributed by atoms with Gasteiger partial charge in [0.2, 0.25) is 5.91 Å². The molecule has 1 aliphatic rings. The topological polar surface area (TPSA) is 62.1 Å². The van der Waals surface area contributed by atoms with Crippen LogP contribution in [0, 0.1) is 17.2 Å². The number of amides is 1. The molecule has 4 heteroatoms. The third-order valence-electron chi connectivity index (χ3n) is 4.10. The summed E-state index contributed by atoms with van der Waals surface area (Å²) < 4.78 is 5.09. The zero-order valence-corrected chi connectivity index (χ0v) is 12.5. The Labute approximate surface area is 126 Å². The largest absolute Gasteiger partial charge is 0.497 e. The maximum atomic E-state index is 12.1. The Bertz CT molecular complexity index is 499. The van der Waals surface area contributed by atoms with E-state index in [1.165, 1.54) is 6.42 Å². The first-order valence-corrected chi connectivity index (χ1v) is 7.55. The molecular weight excluding hydrogens is 264 g/mol. The fourth-order valence-electron chi connectivity index (χ4n) is 2.88. The van der Waals surface area contributed by atoms with Crippen LogP contribution in [0.2, 0.25) is 0 Å². The van der Waals surface area contributed by atoms with Gasteiger partial charge in [-0.3, -0.25) is 4.79 Å². The highest BCUT2D eigenvalue weighted by molar-refractivity contribution is 5.79. The van der Waals surface area contributed by atoms with Gasteiger partial charge in [0, 0.05) is 0 Å². The van der Waals surface area contributed by atoms with Crippen molar-refractivity contribution in [2.75, 3.05) is 7.11 Å². The van der Waals surface area contributed by atoms with Gasteiger partial charge in [0.05, 0.1) is 19.6 Å². The molecule has 0 spiro atoms. The molecule has 2 rings (SSSR count). The molecule has 1 amide bonds. The van der Waals surface area contributed by atoms with Crippen molar-refractivity contribution in [2.24, 2.45) is 5.92 Å². The molecule has 1 aromatic carbocycles. The Kier molecular flexibility index (Phi) is 5.62. The van der Waals surface area contributed by atoms with Crippen LogP contribution in [0.5, 0.6) is 5.75 Å². The zero-order chi connectivity index (χ0) is 15.1. The Morgan fingerprint density at radius 2 is 2.00 bits per heavy atom. The normalized spacial score (nSPS) is 16.8. The van der Waals surface area contributed by atoms with E-state index in [0.717, 1.165) is 37.0 Å². The van der Waals surface area contributed by atoms with Crippen molar-refractivity contribution in [1.82, 2.24) is 5.32 Å². The summed E-state index contributed by atoms with van der Waals surface area (Å²) in [5.41, 5.74) is 0.925. The summed E-state index contributed by atoms with van der Waals surface area (Å²) in [6, 6.07) is 9.33. The smallest absolute Gasteiger partial charge is 0.225 e. The van der Waals surface area contributed by atoms with E-state index < -0.39 is 0 Å². The second-order valence-corrected chi connectivity index (χ2v) is 5.60. The molecule has 0 aliphatic heterocycles. The summed E-state index contributed by atoms with van der Waals surface area (Å²) in [6.07, 6.45) is 5.96. The number of benzene rings is 1. The van der Waals surface area contributed by atoms with E-state index in [-0.39, 0.29) is 11.9 Å². The molecule has 0 radical (unpaired) electrons. The fourth-order valence-corrected chi connectivity index (χ4v) is 2.88. The van der Waals surface area contributed by atoms with E-state index in [1.54, 1.807) is 7.11 Å². The molecule has 0 aromatic heterocycles. The molecule has 1 unspecified atom stereocenters. The second-order valence-electron chi connectivity index (χ2n) is 5.60. The van der Waals surface area contributed by atoms with Crippen molar-refractivity contribution < 1.29 is 9.53 Å². The van der Waals surface area contributed by atoms with Crippen LogP contribution in [0.25, 0.3) is 0 Å². The van der Waals surface area contributed by atoms with Crippen LogP contribution in [-0.4, -0.2) is 19.1 Å². The van der Waals surface area contributed by atoms with Gasteiger partial charge >= 0.3 is 0 Å². The van der Waals surface area contributed by atoms with Crippen LogP contribution in [0.1, 0.15) is 37.7 Å². The Balaban J connectivity index is 1.88. The predicted molar refractivity (Wildman–Crippen MR) is 80.8 cm³/mol. The van der Waals surface area contributed by atoms with Crippen molar-refractivity contribution in [2.45, 2.75) is 44.6 Å². The van der Waals surface area contributed by atoms with Gasteiger partial charge in [0.25, 0.3) is 0 Å². The SMILES string of the molecule is COc1ccc(CC(=O)NC(C#N)C2CCCCC2)cc1. The van der Waals surface area contributed by atoms with E-state index in [9.17, 15) is 10.1 Å². The van der Waals surface area contributed by atoms with Crippen LogP contribution in [0.3, 0.4) is 0 Å². The lowest BCUT2D eigenvalue weighted by atomic mass is 9.84. The van der Waals surface area contributed by atoms with E-state index in [1.807, 2.05) is 24.3 Å². The number of methoxy groups -OCH3 is 1. The molecule has 21 heavy (non-hydrogen) atoms. The Morgan fingerprint density at radius 1 is 1.33 bits per heavy atom.